The summed E-state index contributed by atoms with van der Waals surface area (Å²) in [7, 11) is 0. The van der Waals surface area contributed by atoms with Gasteiger partial charge in [0.2, 0.25) is 0 Å². The maximum Gasteiger partial charge on any atom is 0.412 e. The molecule has 5 heteroatoms. The molecule has 88 valence electrons. The van der Waals surface area contributed by atoms with Crippen LogP contribution in [-0.4, -0.2) is 11.7 Å². The van der Waals surface area contributed by atoms with Gasteiger partial charge in [0.05, 0.1) is 0 Å². The van der Waals surface area contributed by atoms with E-state index in [0.717, 1.165) is 16.8 Å². The number of hydrogen-bond acceptors (Lipinski definition) is 4. The molecule has 0 aliphatic carbocycles. The average molecular weight is 240 g/mol. The lowest BCUT2D eigenvalue weighted by Crippen LogP contribution is -2.27. The van der Waals surface area contributed by atoms with E-state index in [2.05, 4.69) is 5.32 Å². The second-order valence-electron chi connectivity index (χ2n) is 4.27. The first-order valence-electron chi connectivity index (χ1n) is 4.87. The minimum absolute atomic E-state index is 0.458. The summed E-state index contributed by atoms with van der Waals surface area (Å²) < 4.78 is 5.12. The van der Waals surface area contributed by atoms with Gasteiger partial charge in [0.25, 0.3) is 0 Å². The summed E-state index contributed by atoms with van der Waals surface area (Å²) in [5, 5.41) is 8.03. The molecule has 0 saturated carbocycles. The number of nitrogens with two attached hydrogens (primary N) is 1. The van der Waals surface area contributed by atoms with Crippen LogP contribution < -0.4 is 10.5 Å². The van der Waals surface area contributed by atoms with Crippen LogP contribution in [0.5, 0.6) is 0 Å². The minimum Gasteiger partial charge on any atom is -0.444 e. The Labute approximate surface area is 99.7 Å². The Morgan fingerprint density at radius 2 is 1.88 bits per heavy atom. The van der Waals surface area contributed by atoms with E-state index >= 15 is 0 Å². The van der Waals surface area contributed by atoms with Gasteiger partial charge in [-0.2, -0.15) is 0 Å². The maximum atomic E-state index is 11.4. The lowest BCUT2D eigenvalue weighted by atomic mass is 10.2. The van der Waals surface area contributed by atoms with Crippen molar-refractivity contribution in [1.82, 2.24) is 0 Å². The lowest BCUT2D eigenvalue weighted by molar-refractivity contribution is 0.0636. The molecule has 0 spiro atoms. The molecule has 0 aliphatic rings. The summed E-state index contributed by atoms with van der Waals surface area (Å²) in [5.41, 5.74) is 0.198. The molecule has 4 nitrogen and oxygen atoms in total. The van der Waals surface area contributed by atoms with Crippen LogP contribution in [-0.2, 0) is 4.74 Å². The van der Waals surface area contributed by atoms with E-state index in [9.17, 15) is 4.79 Å². The number of carbonyl (C=O) groups is 1. The Bertz CT molecular complexity index is 357. The Balaban J connectivity index is 2.56. The fourth-order valence-corrected chi connectivity index (χ4v) is 1.33. The molecule has 0 saturated heterocycles. The third-order valence-electron chi connectivity index (χ3n) is 1.64. The van der Waals surface area contributed by atoms with Crippen molar-refractivity contribution in [1.29, 1.82) is 0 Å². The van der Waals surface area contributed by atoms with Crippen molar-refractivity contribution in [3.8, 4) is 0 Å². The summed E-state index contributed by atoms with van der Waals surface area (Å²) in [6.07, 6.45) is -0.458. The second kappa shape index (κ2) is 5.23. The third-order valence-corrected chi connectivity index (χ3v) is 2.18. The van der Waals surface area contributed by atoms with Crippen molar-refractivity contribution in [2.75, 3.05) is 5.32 Å². The topological polar surface area (TPSA) is 64.3 Å². The third kappa shape index (κ3) is 4.55. The summed E-state index contributed by atoms with van der Waals surface area (Å²) in [5.74, 6) is 0. The van der Waals surface area contributed by atoms with Gasteiger partial charge in [-0.3, -0.25) is 10.5 Å². The highest BCUT2D eigenvalue weighted by molar-refractivity contribution is 7.97. The minimum atomic E-state index is -0.489. The number of amides is 1. The molecule has 1 aromatic rings. The fraction of sp³-hybridized carbons (Fsp3) is 0.364. The summed E-state index contributed by atoms with van der Waals surface area (Å²) in [4.78, 5) is 12.4. The zero-order valence-electron chi connectivity index (χ0n) is 9.61. The predicted octanol–water partition coefficient (Wildman–Crippen LogP) is 3.00. The smallest absolute Gasteiger partial charge is 0.412 e. The van der Waals surface area contributed by atoms with E-state index < -0.39 is 11.7 Å². The van der Waals surface area contributed by atoms with Gasteiger partial charge in [-0.25, -0.2) is 4.79 Å². The fourth-order valence-electron chi connectivity index (χ4n) is 1.04. The highest BCUT2D eigenvalue weighted by Gasteiger charge is 2.15. The average Bonchev–Trinajstić information content (AvgIpc) is 2.16. The van der Waals surface area contributed by atoms with Crippen LogP contribution in [0.15, 0.2) is 29.2 Å². The Morgan fingerprint density at radius 3 is 2.31 bits per heavy atom. The highest BCUT2D eigenvalue weighted by Crippen LogP contribution is 2.16. The maximum absolute atomic E-state index is 11.4. The number of anilines is 1. The molecule has 1 aromatic carbocycles. The first-order valence-corrected chi connectivity index (χ1v) is 5.75. The van der Waals surface area contributed by atoms with Crippen LogP contribution in [0.3, 0.4) is 0 Å². The van der Waals surface area contributed by atoms with Crippen LogP contribution in [0.25, 0.3) is 0 Å². The summed E-state index contributed by atoms with van der Waals surface area (Å²) in [6.45, 7) is 5.46. The standard InChI is InChI=1S/C11H16N2O2S/c1-11(2,3)15-10(14)13-8-4-6-9(16-12)7-5-8/h4-7H,12H2,1-3H3,(H,13,14). The molecule has 0 atom stereocenters. The monoisotopic (exact) mass is 240 g/mol. The van der Waals surface area contributed by atoms with Gasteiger partial charge >= 0.3 is 6.09 Å². The Kier molecular flexibility index (Phi) is 4.20. The molecular weight excluding hydrogens is 224 g/mol. The molecule has 0 fully saturated rings. The number of benzene rings is 1. The molecule has 0 aromatic heterocycles. The van der Waals surface area contributed by atoms with Crippen LogP contribution >= 0.6 is 11.9 Å². The number of hydrogen-bond donors (Lipinski definition) is 2. The molecule has 1 amide bonds. The SMILES string of the molecule is CC(C)(C)OC(=O)Nc1ccc(SN)cc1. The van der Waals surface area contributed by atoms with E-state index in [-0.39, 0.29) is 0 Å². The lowest BCUT2D eigenvalue weighted by Gasteiger charge is -2.19. The number of nitrogens with one attached hydrogen (secondary N) is 1. The van der Waals surface area contributed by atoms with Crippen molar-refractivity contribution >= 4 is 23.7 Å². The van der Waals surface area contributed by atoms with Crippen LogP contribution in [0, 0.1) is 0 Å². The normalized spacial score (nSPS) is 11.0. The Hall–Kier alpha value is -1.20. The largest absolute Gasteiger partial charge is 0.444 e. The van der Waals surface area contributed by atoms with Crippen molar-refractivity contribution in [3.05, 3.63) is 24.3 Å². The quantitative estimate of drug-likeness (QED) is 0.780. The summed E-state index contributed by atoms with van der Waals surface area (Å²) >= 11 is 1.16. The molecular formula is C11H16N2O2S. The van der Waals surface area contributed by atoms with Gasteiger partial charge in [0, 0.05) is 10.6 Å². The van der Waals surface area contributed by atoms with E-state index in [1.807, 2.05) is 32.9 Å². The number of rotatable bonds is 2. The van der Waals surface area contributed by atoms with Gasteiger partial charge in [-0.15, -0.1) is 0 Å². The molecule has 16 heavy (non-hydrogen) atoms. The first-order chi connectivity index (χ1) is 7.40. The molecule has 0 heterocycles. The van der Waals surface area contributed by atoms with Crippen molar-refractivity contribution < 1.29 is 9.53 Å². The van der Waals surface area contributed by atoms with Crippen molar-refractivity contribution in [2.24, 2.45) is 5.14 Å². The van der Waals surface area contributed by atoms with Gasteiger partial charge < -0.3 is 4.74 Å². The van der Waals surface area contributed by atoms with E-state index in [0.29, 0.717) is 5.69 Å². The summed E-state index contributed by atoms with van der Waals surface area (Å²) in [6, 6.07) is 7.22. The zero-order valence-corrected chi connectivity index (χ0v) is 10.4. The van der Waals surface area contributed by atoms with E-state index in [4.69, 9.17) is 9.88 Å². The zero-order chi connectivity index (χ0) is 12.2. The van der Waals surface area contributed by atoms with Gasteiger partial charge in [0.15, 0.2) is 0 Å². The predicted molar refractivity (Wildman–Crippen MR) is 66.3 cm³/mol. The van der Waals surface area contributed by atoms with E-state index in [1.54, 1.807) is 12.1 Å². The molecule has 3 N–H and O–H groups in total. The number of carbonyl (C=O) groups excluding carboxylic acids is 1. The first kappa shape index (κ1) is 12.9. The van der Waals surface area contributed by atoms with Gasteiger partial charge in [-0.1, -0.05) is 0 Å². The molecule has 0 radical (unpaired) electrons. The van der Waals surface area contributed by atoms with Crippen LogP contribution in [0.2, 0.25) is 0 Å². The van der Waals surface area contributed by atoms with Crippen molar-refractivity contribution in [2.45, 2.75) is 31.3 Å². The molecule has 0 unspecified atom stereocenters. The molecule has 0 aliphatic heterocycles. The molecule has 1 rings (SSSR count). The van der Waals surface area contributed by atoms with Crippen LogP contribution in [0.4, 0.5) is 10.5 Å². The van der Waals surface area contributed by atoms with Gasteiger partial charge in [0.1, 0.15) is 5.60 Å². The van der Waals surface area contributed by atoms with E-state index in [1.165, 1.54) is 0 Å². The molecule has 0 bridgehead atoms. The van der Waals surface area contributed by atoms with Gasteiger partial charge in [-0.05, 0) is 57.0 Å². The van der Waals surface area contributed by atoms with Crippen molar-refractivity contribution in [3.63, 3.8) is 0 Å². The Morgan fingerprint density at radius 1 is 1.31 bits per heavy atom. The number of ether oxygens (including phenoxy) is 1. The highest BCUT2D eigenvalue weighted by atomic mass is 32.2. The van der Waals surface area contributed by atoms with Crippen LogP contribution in [0.1, 0.15) is 20.8 Å². The second-order valence-corrected chi connectivity index (χ2v) is 4.98.